The van der Waals surface area contributed by atoms with Crippen LogP contribution in [0.1, 0.15) is 45.9 Å². The van der Waals surface area contributed by atoms with Crippen molar-refractivity contribution < 1.29 is 42.5 Å². The van der Waals surface area contributed by atoms with E-state index < -0.39 is 57.0 Å². The number of nitrogens with zero attached hydrogens (tertiary/aromatic N) is 3. The van der Waals surface area contributed by atoms with Crippen LogP contribution in [0.5, 0.6) is 5.75 Å². The van der Waals surface area contributed by atoms with Crippen LogP contribution in [0.25, 0.3) is 5.52 Å². The van der Waals surface area contributed by atoms with E-state index in [1.54, 1.807) is 30.3 Å². The molecule has 0 saturated carbocycles. The van der Waals surface area contributed by atoms with E-state index in [9.17, 15) is 24.0 Å². The number of benzene rings is 1. The van der Waals surface area contributed by atoms with E-state index >= 15 is 0 Å². The molecule has 4 rings (SSSR count). The second kappa shape index (κ2) is 12.6. The smallest absolute Gasteiger partial charge is 0.459 e. The zero-order chi connectivity index (χ0) is 30.7. The lowest BCUT2D eigenvalue weighted by Crippen LogP contribution is -2.49. The molecule has 42 heavy (non-hydrogen) atoms. The van der Waals surface area contributed by atoms with Crippen LogP contribution in [0.3, 0.4) is 0 Å². The number of esters is 1. The first-order valence-corrected chi connectivity index (χ1v) is 14.9. The summed E-state index contributed by atoms with van der Waals surface area (Å²) in [6, 6.07) is 10.0. The van der Waals surface area contributed by atoms with Gasteiger partial charge in [0.05, 0.1) is 18.9 Å². The van der Waals surface area contributed by atoms with Crippen molar-refractivity contribution in [3.05, 3.63) is 54.5 Å². The Morgan fingerprint density at radius 1 is 1.26 bits per heavy atom. The third-order valence-corrected chi connectivity index (χ3v) is 8.44. The molecule has 0 unspecified atom stereocenters. The van der Waals surface area contributed by atoms with E-state index in [1.165, 1.54) is 29.9 Å². The highest BCUT2D eigenvalue weighted by Crippen LogP contribution is 2.48. The number of para-hydroxylation sites is 1. The van der Waals surface area contributed by atoms with Crippen LogP contribution < -0.4 is 15.3 Å². The zero-order valence-corrected chi connectivity index (χ0v) is 24.7. The quantitative estimate of drug-likeness (QED) is 0.174. The summed E-state index contributed by atoms with van der Waals surface area (Å²) in [7, 11) is -4.43. The lowest BCUT2D eigenvalue weighted by molar-refractivity contribution is -0.146. The third kappa shape index (κ3) is 7.08. The molecular formula is C27H37FN5O8P. The van der Waals surface area contributed by atoms with E-state index in [1.807, 2.05) is 20.8 Å². The van der Waals surface area contributed by atoms with Gasteiger partial charge in [-0.3, -0.25) is 9.32 Å². The molecule has 1 fully saturated rings. The van der Waals surface area contributed by atoms with Gasteiger partial charge in [-0.2, -0.15) is 10.2 Å². The summed E-state index contributed by atoms with van der Waals surface area (Å²) in [4.78, 5) is 16.6. The van der Waals surface area contributed by atoms with E-state index in [0.29, 0.717) is 11.9 Å². The van der Waals surface area contributed by atoms with Crippen molar-refractivity contribution in [3.63, 3.8) is 0 Å². The van der Waals surface area contributed by atoms with Gasteiger partial charge in [-0.25, -0.2) is 18.5 Å². The number of rotatable bonds is 12. The van der Waals surface area contributed by atoms with E-state index in [-0.39, 0.29) is 29.3 Å². The summed E-state index contributed by atoms with van der Waals surface area (Å²) in [5.41, 5.74) is 4.36. The van der Waals surface area contributed by atoms with Crippen LogP contribution in [-0.2, 0) is 23.4 Å². The Labute approximate surface area is 242 Å². The van der Waals surface area contributed by atoms with Crippen LogP contribution in [0.4, 0.5) is 10.2 Å². The van der Waals surface area contributed by atoms with Crippen LogP contribution in [0.15, 0.2) is 48.8 Å². The summed E-state index contributed by atoms with van der Waals surface area (Å²) >= 11 is 0. The second-order valence-corrected chi connectivity index (χ2v) is 13.1. The van der Waals surface area contributed by atoms with Crippen LogP contribution in [-0.4, -0.2) is 74.5 Å². The second-order valence-electron chi connectivity index (χ2n) is 11.4. The van der Waals surface area contributed by atoms with Gasteiger partial charge in [0, 0.05) is 0 Å². The number of carbonyl (C=O) groups is 1. The highest BCUT2D eigenvalue weighted by Gasteiger charge is 2.57. The fourth-order valence-corrected chi connectivity index (χ4v) is 5.89. The maximum absolute atomic E-state index is 14.6. The van der Waals surface area contributed by atoms with Crippen LogP contribution in [0, 0.1) is 5.41 Å². The third-order valence-electron chi connectivity index (χ3n) is 6.81. The van der Waals surface area contributed by atoms with E-state index in [0.717, 1.165) is 0 Å². The fourth-order valence-electron chi connectivity index (χ4n) is 4.34. The maximum atomic E-state index is 14.6. The van der Waals surface area contributed by atoms with Gasteiger partial charge >= 0.3 is 13.7 Å². The number of hydrogen-bond acceptors (Lipinski definition) is 11. The Kier molecular flexibility index (Phi) is 9.55. The monoisotopic (exact) mass is 609 g/mol. The van der Waals surface area contributed by atoms with Gasteiger partial charge in [-0.05, 0) is 43.0 Å². The predicted molar refractivity (Wildman–Crippen MR) is 150 cm³/mol. The van der Waals surface area contributed by atoms with Crippen LogP contribution in [0.2, 0.25) is 0 Å². The number of fused-ring (bicyclic) bond motifs is 1. The molecule has 0 bridgehead atoms. The number of aliphatic hydroxyl groups excluding tert-OH is 2. The topological polar surface area (TPSA) is 180 Å². The van der Waals surface area contributed by atoms with Crippen molar-refractivity contribution in [1.29, 1.82) is 0 Å². The van der Waals surface area contributed by atoms with Gasteiger partial charge in [0.25, 0.3) is 0 Å². The minimum atomic E-state index is -4.43. The maximum Gasteiger partial charge on any atom is 0.459 e. The standard InChI is InChI=1S/C27H37FN5O8P/c1-17(25(36)38-13-12-26(2,3)4)32-42(37,41-18-8-6-5-7-9-18)39-15-27(14-28)23(35)21(34)22(40-27)19-10-11-20-24(29)30-16-31-33(19)20/h5-11,16-17,21-23,34-35H,12-15H2,1-4H3,(H,32,37)(H2,29,30,31)/t17-,21-,22-,23-,27+,42-/m0/s1. The molecule has 1 aliphatic heterocycles. The van der Waals surface area contributed by atoms with Gasteiger partial charge in [0.15, 0.2) is 5.82 Å². The molecule has 0 amide bonds. The summed E-state index contributed by atoms with van der Waals surface area (Å²) < 4.78 is 52.4. The molecule has 0 radical (unpaired) electrons. The molecule has 13 nitrogen and oxygen atoms in total. The first-order chi connectivity index (χ1) is 19.8. The Morgan fingerprint density at radius 2 is 1.98 bits per heavy atom. The van der Waals surface area contributed by atoms with Gasteiger partial charge in [0.2, 0.25) is 0 Å². The summed E-state index contributed by atoms with van der Waals surface area (Å²) in [6.45, 7) is 5.43. The van der Waals surface area contributed by atoms with E-state index in [4.69, 9.17) is 24.3 Å². The van der Waals surface area contributed by atoms with Crippen molar-refractivity contribution in [2.75, 3.05) is 25.6 Å². The molecular weight excluding hydrogens is 572 g/mol. The highest BCUT2D eigenvalue weighted by molar-refractivity contribution is 7.52. The normalized spacial score (nSPS) is 24.8. The summed E-state index contributed by atoms with van der Waals surface area (Å²) in [5.74, 6) is -0.395. The van der Waals surface area contributed by atoms with Crippen LogP contribution >= 0.6 is 7.75 Å². The van der Waals surface area contributed by atoms with Gasteiger partial charge in [-0.1, -0.05) is 39.0 Å². The summed E-state index contributed by atoms with van der Waals surface area (Å²) in [5, 5.41) is 28.5. The van der Waals surface area contributed by atoms with Crippen molar-refractivity contribution in [2.24, 2.45) is 5.41 Å². The van der Waals surface area contributed by atoms with E-state index in [2.05, 4.69) is 15.2 Å². The Morgan fingerprint density at radius 3 is 2.64 bits per heavy atom. The average molecular weight is 610 g/mol. The SMILES string of the molecule is C[C@H](N[P@](=O)(OC[C@@]1(CF)O[C@@H](c2ccc3c(N)ncnn23)[C@H](O)[C@@H]1O)Oc1ccccc1)C(=O)OCCC(C)(C)C. The number of nitrogen functional groups attached to an aromatic ring is 1. The molecule has 2 aromatic heterocycles. The number of alkyl halides is 1. The average Bonchev–Trinajstić information content (AvgIpc) is 3.47. The Bertz CT molecular complexity index is 1420. The van der Waals surface area contributed by atoms with Crippen molar-refractivity contribution in [1.82, 2.24) is 19.7 Å². The van der Waals surface area contributed by atoms with Crippen molar-refractivity contribution in [3.8, 4) is 5.75 Å². The number of anilines is 1. The first-order valence-electron chi connectivity index (χ1n) is 13.4. The minimum absolute atomic E-state index is 0.0658. The Hall–Kier alpha value is -3.13. The molecule has 3 aromatic rings. The predicted octanol–water partition coefficient (Wildman–Crippen LogP) is 2.97. The number of ether oxygens (including phenoxy) is 2. The summed E-state index contributed by atoms with van der Waals surface area (Å²) in [6.07, 6.45) is -2.86. The number of nitrogens with two attached hydrogens (primary N) is 1. The van der Waals surface area contributed by atoms with Gasteiger partial charge in [0.1, 0.15) is 54.2 Å². The molecule has 1 aliphatic rings. The molecule has 6 atom stereocenters. The molecule has 230 valence electrons. The number of aliphatic hydroxyl groups is 2. The van der Waals surface area contributed by atoms with Crippen molar-refractivity contribution >= 4 is 25.1 Å². The molecule has 1 saturated heterocycles. The largest absolute Gasteiger partial charge is 0.465 e. The fraction of sp³-hybridized carbons (Fsp3) is 0.519. The minimum Gasteiger partial charge on any atom is -0.465 e. The first kappa shape index (κ1) is 31.8. The molecule has 5 N–H and O–H groups in total. The molecule has 1 aromatic carbocycles. The van der Waals surface area contributed by atoms with Gasteiger partial charge < -0.3 is 29.9 Å². The lowest BCUT2D eigenvalue weighted by atomic mass is 9.93. The number of nitrogens with one attached hydrogen (secondary N) is 1. The molecule has 0 spiro atoms. The zero-order valence-electron chi connectivity index (χ0n) is 23.8. The number of carbonyl (C=O) groups excluding carboxylic acids is 1. The molecule has 3 heterocycles. The number of aromatic nitrogens is 3. The number of halogens is 1. The lowest BCUT2D eigenvalue weighted by Gasteiger charge is -2.31. The van der Waals surface area contributed by atoms with Gasteiger partial charge in [-0.15, -0.1) is 0 Å². The van der Waals surface area contributed by atoms with Crippen molar-refractivity contribution in [2.45, 2.75) is 64.1 Å². The molecule has 0 aliphatic carbocycles. The Balaban J connectivity index is 1.54. The molecule has 15 heteroatoms. The highest BCUT2D eigenvalue weighted by atomic mass is 31.2. The number of hydrogen-bond donors (Lipinski definition) is 4.